The Hall–Kier alpha value is -1.94. The van der Waals surface area contributed by atoms with Gasteiger partial charge in [0.15, 0.2) is 0 Å². The molecule has 2 rings (SSSR count). The molecule has 0 radical (unpaired) electrons. The van der Waals surface area contributed by atoms with Crippen LogP contribution in [0.15, 0.2) is 54.6 Å². The van der Waals surface area contributed by atoms with E-state index in [0.717, 1.165) is 4.90 Å². The molecule has 0 aliphatic rings. The Morgan fingerprint density at radius 1 is 1.04 bits per heavy atom. The van der Waals surface area contributed by atoms with Crippen LogP contribution in [0.5, 0.6) is 0 Å². The minimum absolute atomic E-state index is 0.135. The van der Waals surface area contributed by atoms with Crippen LogP contribution in [0.3, 0.4) is 0 Å². The summed E-state index contributed by atoms with van der Waals surface area (Å²) >= 11 is 0. The zero-order valence-electron chi connectivity index (χ0n) is 15.1. The van der Waals surface area contributed by atoms with E-state index in [1.165, 1.54) is 19.1 Å². The number of carbonyl (C=O) groups is 1. The number of nitrogens with zero attached hydrogens (tertiary/aromatic N) is 1. The van der Waals surface area contributed by atoms with Crippen molar-refractivity contribution in [3.63, 3.8) is 0 Å². The third kappa shape index (κ3) is 6.31. The topological polar surface area (TPSA) is 20.3 Å². The highest BCUT2D eigenvalue weighted by atomic mass is 31.0. The molecule has 0 bridgehead atoms. The standard InChI is InChI=1S/C20H22F4NOP/c1-14(19(2,21)27)16-8-10-17(11-9-16)18(26)25(13-20(22,23)24)12-15-6-4-3-5-7-15/h3-11,14H,12-13,27H2,1-2H3/t14?,19-/m0/s1. The highest BCUT2D eigenvalue weighted by molar-refractivity contribution is 7.18. The van der Waals surface area contributed by atoms with Crippen LogP contribution >= 0.6 is 9.24 Å². The lowest BCUT2D eigenvalue weighted by Gasteiger charge is -2.25. The molecule has 27 heavy (non-hydrogen) atoms. The van der Waals surface area contributed by atoms with Gasteiger partial charge >= 0.3 is 6.18 Å². The predicted octanol–water partition coefficient (Wildman–Crippen LogP) is 5.56. The molecule has 2 aromatic rings. The van der Waals surface area contributed by atoms with Gasteiger partial charge in [-0.2, -0.15) is 13.2 Å². The van der Waals surface area contributed by atoms with Gasteiger partial charge < -0.3 is 4.90 Å². The number of alkyl halides is 4. The monoisotopic (exact) mass is 399 g/mol. The molecule has 0 saturated carbocycles. The van der Waals surface area contributed by atoms with E-state index in [-0.39, 0.29) is 12.1 Å². The van der Waals surface area contributed by atoms with Gasteiger partial charge in [0, 0.05) is 18.0 Å². The van der Waals surface area contributed by atoms with E-state index in [4.69, 9.17) is 0 Å². The second-order valence-corrected chi connectivity index (χ2v) is 7.89. The van der Waals surface area contributed by atoms with Crippen molar-refractivity contribution >= 4 is 15.1 Å². The summed E-state index contributed by atoms with van der Waals surface area (Å²) in [6.07, 6.45) is -4.51. The summed E-state index contributed by atoms with van der Waals surface area (Å²) in [7, 11) is 2.12. The van der Waals surface area contributed by atoms with Crippen LogP contribution in [-0.2, 0) is 6.54 Å². The normalized spacial score (nSPS) is 15.1. The molecule has 0 aromatic heterocycles. The smallest absolute Gasteiger partial charge is 0.325 e. The van der Waals surface area contributed by atoms with Gasteiger partial charge in [-0.3, -0.25) is 4.79 Å². The van der Waals surface area contributed by atoms with Crippen molar-refractivity contribution in [2.45, 2.75) is 37.9 Å². The third-order valence-electron chi connectivity index (χ3n) is 4.38. The lowest BCUT2D eigenvalue weighted by Crippen LogP contribution is -2.38. The largest absolute Gasteiger partial charge is 0.406 e. The van der Waals surface area contributed by atoms with Crippen molar-refractivity contribution in [3.05, 3.63) is 71.3 Å². The zero-order chi connectivity index (χ0) is 20.2. The molecule has 2 unspecified atom stereocenters. The summed E-state index contributed by atoms with van der Waals surface area (Å²) < 4.78 is 52.9. The number of rotatable bonds is 6. The Kier molecular flexibility index (Phi) is 6.63. The fraction of sp³-hybridized carbons (Fsp3) is 0.350. The van der Waals surface area contributed by atoms with Crippen molar-refractivity contribution in [3.8, 4) is 0 Å². The van der Waals surface area contributed by atoms with Crippen molar-refractivity contribution in [2.24, 2.45) is 0 Å². The number of hydrogen-bond acceptors (Lipinski definition) is 1. The van der Waals surface area contributed by atoms with Crippen LogP contribution in [0.4, 0.5) is 17.6 Å². The van der Waals surface area contributed by atoms with E-state index in [1.54, 1.807) is 49.4 Å². The Labute approximate surface area is 158 Å². The SMILES string of the molecule is CC(c1ccc(C(=O)N(Cc2ccccc2)CC(F)(F)F)cc1)[C@@](C)(F)P. The summed E-state index contributed by atoms with van der Waals surface area (Å²) in [5.41, 5.74) is 1.41. The first-order valence-corrected chi connectivity index (χ1v) is 9.03. The summed E-state index contributed by atoms with van der Waals surface area (Å²) in [5.74, 6) is -1.16. The van der Waals surface area contributed by atoms with E-state index in [2.05, 4.69) is 9.24 Å². The molecule has 0 heterocycles. The van der Waals surface area contributed by atoms with Crippen LogP contribution in [0.25, 0.3) is 0 Å². The molecule has 7 heteroatoms. The van der Waals surface area contributed by atoms with Gasteiger partial charge in [0.25, 0.3) is 5.91 Å². The van der Waals surface area contributed by atoms with Gasteiger partial charge in [-0.15, -0.1) is 0 Å². The molecule has 0 spiro atoms. The van der Waals surface area contributed by atoms with Crippen molar-refractivity contribution in [1.29, 1.82) is 0 Å². The fourth-order valence-corrected chi connectivity index (χ4v) is 2.84. The molecular formula is C20H22F4NOP. The molecular weight excluding hydrogens is 377 g/mol. The molecule has 3 atom stereocenters. The van der Waals surface area contributed by atoms with Crippen molar-refractivity contribution in [2.75, 3.05) is 6.54 Å². The third-order valence-corrected chi connectivity index (χ3v) is 4.88. The molecule has 1 amide bonds. The molecule has 2 nitrogen and oxygen atoms in total. The lowest BCUT2D eigenvalue weighted by atomic mass is 9.95. The van der Waals surface area contributed by atoms with E-state index >= 15 is 0 Å². The Balaban J connectivity index is 2.23. The first-order valence-electron chi connectivity index (χ1n) is 8.45. The zero-order valence-corrected chi connectivity index (χ0v) is 16.3. The van der Waals surface area contributed by atoms with Crippen molar-refractivity contribution < 1.29 is 22.4 Å². The summed E-state index contributed by atoms with van der Waals surface area (Å²) in [4.78, 5) is 13.4. The molecule has 2 aromatic carbocycles. The number of carbonyl (C=O) groups excluding carboxylic acids is 1. The van der Waals surface area contributed by atoms with Crippen LogP contribution in [0.1, 0.15) is 41.3 Å². The molecule has 0 saturated heterocycles. The van der Waals surface area contributed by atoms with Gasteiger partial charge in [-0.05, 0) is 30.2 Å². The Bertz CT molecular complexity index is 754. The van der Waals surface area contributed by atoms with Crippen LogP contribution in [0, 0.1) is 0 Å². The van der Waals surface area contributed by atoms with Gasteiger partial charge in [0.1, 0.15) is 12.0 Å². The fourth-order valence-electron chi connectivity index (χ4n) is 2.64. The predicted molar refractivity (Wildman–Crippen MR) is 101 cm³/mol. The first-order chi connectivity index (χ1) is 12.5. The minimum atomic E-state index is -4.51. The maximum absolute atomic E-state index is 14.0. The van der Waals surface area contributed by atoms with E-state index < -0.39 is 30.0 Å². The Morgan fingerprint density at radius 2 is 1.59 bits per heavy atom. The lowest BCUT2D eigenvalue weighted by molar-refractivity contribution is -0.141. The number of amides is 1. The maximum Gasteiger partial charge on any atom is 0.406 e. The van der Waals surface area contributed by atoms with Gasteiger partial charge in [0.2, 0.25) is 0 Å². The van der Waals surface area contributed by atoms with E-state index in [0.29, 0.717) is 11.1 Å². The second-order valence-electron chi connectivity index (χ2n) is 6.76. The quantitative estimate of drug-likeness (QED) is 0.460. The molecule has 0 aliphatic carbocycles. The molecule has 0 fully saturated rings. The van der Waals surface area contributed by atoms with Crippen LogP contribution < -0.4 is 0 Å². The molecule has 146 valence electrons. The first kappa shape index (κ1) is 21.4. The number of hydrogen-bond donors (Lipinski definition) is 0. The van der Waals surface area contributed by atoms with E-state index in [1.807, 2.05) is 0 Å². The highest BCUT2D eigenvalue weighted by Crippen LogP contribution is 2.36. The second kappa shape index (κ2) is 8.39. The maximum atomic E-state index is 14.0. The molecule has 0 N–H and O–H groups in total. The Morgan fingerprint density at radius 3 is 2.07 bits per heavy atom. The van der Waals surface area contributed by atoms with Crippen LogP contribution in [0.2, 0.25) is 0 Å². The van der Waals surface area contributed by atoms with Gasteiger partial charge in [-0.25, -0.2) is 4.39 Å². The van der Waals surface area contributed by atoms with Crippen LogP contribution in [-0.4, -0.2) is 28.9 Å². The summed E-state index contributed by atoms with van der Waals surface area (Å²) in [5, 5.41) is -1.53. The van der Waals surface area contributed by atoms with E-state index in [9.17, 15) is 22.4 Å². The summed E-state index contributed by atoms with van der Waals surface area (Å²) in [6.45, 7) is 1.64. The average molecular weight is 399 g/mol. The number of benzene rings is 2. The van der Waals surface area contributed by atoms with Gasteiger partial charge in [-0.1, -0.05) is 58.6 Å². The number of halogens is 4. The average Bonchev–Trinajstić information content (AvgIpc) is 2.59. The van der Waals surface area contributed by atoms with Gasteiger partial charge in [0.05, 0.1) is 0 Å². The summed E-state index contributed by atoms with van der Waals surface area (Å²) in [6, 6.07) is 14.5. The van der Waals surface area contributed by atoms with Crippen molar-refractivity contribution in [1.82, 2.24) is 4.90 Å². The molecule has 0 aliphatic heterocycles. The highest BCUT2D eigenvalue weighted by Gasteiger charge is 2.33. The minimum Gasteiger partial charge on any atom is -0.325 e.